The molecular formula is C21H30F3NO4. The molecule has 0 aromatic rings. The van der Waals surface area contributed by atoms with Crippen molar-refractivity contribution in [3.63, 3.8) is 0 Å². The Morgan fingerprint density at radius 2 is 2.03 bits per heavy atom. The van der Waals surface area contributed by atoms with Crippen molar-refractivity contribution < 1.29 is 32.6 Å². The van der Waals surface area contributed by atoms with Crippen LogP contribution in [0.25, 0.3) is 0 Å². The van der Waals surface area contributed by atoms with Gasteiger partial charge in [0.05, 0.1) is 12.0 Å². The minimum atomic E-state index is -4.53. The number of carbonyl (C=O) groups excluding carboxylic acids is 2. The number of ether oxygens (including phenoxy) is 1. The summed E-state index contributed by atoms with van der Waals surface area (Å²) < 4.78 is 42.8. The predicted molar refractivity (Wildman–Crippen MR) is 100 cm³/mol. The van der Waals surface area contributed by atoms with E-state index in [1.165, 1.54) is 14.0 Å². The van der Waals surface area contributed by atoms with E-state index in [0.717, 1.165) is 16.9 Å². The van der Waals surface area contributed by atoms with Crippen LogP contribution in [0.3, 0.4) is 0 Å². The zero-order valence-corrected chi connectivity index (χ0v) is 17.5. The molecule has 1 saturated carbocycles. The number of amides is 1. The van der Waals surface area contributed by atoms with Gasteiger partial charge in [0.25, 0.3) is 0 Å². The third kappa shape index (κ3) is 5.53. The van der Waals surface area contributed by atoms with E-state index in [9.17, 15) is 27.9 Å². The van der Waals surface area contributed by atoms with Crippen molar-refractivity contribution in [2.45, 2.75) is 64.8 Å². The Morgan fingerprint density at radius 1 is 1.41 bits per heavy atom. The highest BCUT2D eigenvalue weighted by Crippen LogP contribution is 2.50. The van der Waals surface area contributed by atoms with Crippen molar-refractivity contribution in [2.75, 3.05) is 13.6 Å². The summed E-state index contributed by atoms with van der Waals surface area (Å²) in [4.78, 5) is 24.3. The van der Waals surface area contributed by atoms with Gasteiger partial charge in [-0.3, -0.25) is 9.59 Å². The molecule has 5 nitrogen and oxygen atoms in total. The molecule has 0 aliphatic heterocycles. The minimum absolute atomic E-state index is 0.0435. The summed E-state index contributed by atoms with van der Waals surface area (Å²) in [5, 5.41) is 11.4. The molecule has 29 heavy (non-hydrogen) atoms. The first-order chi connectivity index (χ1) is 13.2. The molecule has 2 aliphatic carbocycles. The molecule has 0 unspecified atom stereocenters. The fourth-order valence-electron chi connectivity index (χ4n) is 4.58. The summed E-state index contributed by atoms with van der Waals surface area (Å²) in [5.74, 6) is -2.01. The van der Waals surface area contributed by atoms with Crippen LogP contribution in [0.15, 0.2) is 11.6 Å². The van der Waals surface area contributed by atoms with Gasteiger partial charge in [-0.05, 0) is 43.1 Å². The Balaban J connectivity index is 2.18. The van der Waals surface area contributed by atoms with E-state index in [4.69, 9.17) is 4.74 Å². The van der Waals surface area contributed by atoms with Gasteiger partial charge in [0, 0.05) is 26.4 Å². The Labute approximate surface area is 170 Å². The molecule has 0 saturated heterocycles. The van der Waals surface area contributed by atoms with Gasteiger partial charge in [0.2, 0.25) is 5.91 Å². The molecule has 0 bridgehead atoms. The van der Waals surface area contributed by atoms with Gasteiger partial charge in [-0.25, -0.2) is 0 Å². The van der Waals surface area contributed by atoms with E-state index in [1.807, 2.05) is 19.9 Å². The molecule has 0 aromatic heterocycles. The second-order valence-corrected chi connectivity index (χ2v) is 8.58. The van der Waals surface area contributed by atoms with Crippen LogP contribution in [-0.4, -0.2) is 53.4 Å². The topological polar surface area (TPSA) is 66.8 Å². The standard InChI is InChI=1S/C21H30F3NO4/c1-12-8-17-16(13(2)11-25(5)19(27)10-21(22,23)24)7-6-14(3)20(17,28)9-18(12)29-15(4)26/h8,13-14,16-18,28H,6-7,10-11H2,1-5H3/t13-,14-,16+,17-,18-,20-/m1/s1. The first-order valence-corrected chi connectivity index (χ1v) is 9.91. The molecule has 6 atom stereocenters. The highest BCUT2D eigenvalue weighted by Gasteiger charge is 2.53. The van der Waals surface area contributed by atoms with Crippen LogP contribution >= 0.6 is 0 Å². The second kappa shape index (κ2) is 8.66. The number of rotatable bonds is 5. The average Bonchev–Trinajstić information content (AvgIpc) is 2.55. The molecule has 2 rings (SSSR count). The smallest absolute Gasteiger partial charge is 0.397 e. The Kier molecular flexibility index (Phi) is 7.08. The van der Waals surface area contributed by atoms with Crippen LogP contribution in [0.4, 0.5) is 13.2 Å². The maximum absolute atomic E-state index is 12.5. The number of carbonyl (C=O) groups is 2. The Hall–Kier alpha value is -1.57. The first kappa shape index (κ1) is 23.7. The number of nitrogens with zero attached hydrogens (tertiary/aromatic N) is 1. The molecule has 2 aliphatic rings. The van der Waals surface area contributed by atoms with Crippen LogP contribution in [0.1, 0.15) is 47.0 Å². The fraction of sp³-hybridized carbons (Fsp3) is 0.762. The molecule has 0 spiro atoms. The minimum Gasteiger partial charge on any atom is -0.457 e. The molecule has 0 heterocycles. The summed E-state index contributed by atoms with van der Waals surface area (Å²) in [6.45, 7) is 7.08. The number of esters is 1. The second-order valence-electron chi connectivity index (χ2n) is 8.58. The maximum Gasteiger partial charge on any atom is 0.397 e. The SMILES string of the molecule is CC(=O)O[C@@H]1[C][C@@]2(O)[C@H](C)CC[C@@H]([C@H](C)CN(C)C(=O)CC(F)(F)F)[C@H]2C=C1C. The van der Waals surface area contributed by atoms with Gasteiger partial charge < -0.3 is 14.7 Å². The van der Waals surface area contributed by atoms with Gasteiger partial charge in [-0.1, -0.05) is 19.9 Å². The lowest BCUT2D eigenvalue weighted by Crippen LogP contribution is -2.56. The van der Waals surface area contributed by atoms with E-state index in [1.54, 1.807) is 6.92 Å². The monoisotopic (exact) mass is 417 g/mol. The highest BCUT2D eigenvalue weighted by atomic mass is 19.4. The zero-order chi connectivity index (χ0) is 22.1. The molecule has 1 amide bonds. The quantitative estimate of drug-likeness (QED) is 0.550. The van der Waals surface area contributed by atoms with Crippen molar-refractivity contribution in [2.24, 2.45) is 23.7 Å². The van der Waals surface area contributed by atoms with E-state index < -0.39 is 36.2 Å². The van der Waals surface area contributed by atoms with E-state index in [0.29, 0.717) is 6.42 Å². The van der Waals surface area contributed by atoms with Crippen molar-refractivity contribution in [3.8, 4) is 0 Å². The molecule has 1 N–H and O–H groups in total. The molecule has 164 valence electrons. The van der Waals surface area contributed by atoms with Crippen molar-refractivity contribution in [3.05, 3.63) is 18.1 Å². The van der Waals surface area contributed by atoms with E-state index in [2.05, 4.69) is 6.42 Å². The van der Waals surface area contributed by atoms with Crippen LogP contribution in [0, 0.1) is 30.1 Å². The summed E-state index contributed by atoms with van der Waals surface area (Å²) in [5.41, 5.74) is -0.534. The predicted octanol–water partition coefficient (Wildman–Crippen LogP) is 3.40. The Morgan fingerprint density at radius 3 is 2.59 bits per heavy atom. The third-order valence-corrected chi connectivity index (χ3v) is 6.23. The molecule has 1 fully saturated rings. The van der Waals surface area contributed by atoms with Gasteiger partial charge in [0.1, 0.15) is 12.5 Å². The number of hydrogen-bond acceptors (Lipinski definition) is 4. The number of alkyl halides is 3. The van der Waals surface area contributed by atoms with Crippen LogP contribution in [0.5, 0.6) is 0 Å². The lowest BCUT2D eigenvalue weighted by atomic mass is 9.57. The van der Waals surface area contributed by atoms with Gasteiger partial charge in [-0.2, -0.15) is 13.2 Å². The maximum atomic E-state index is 12.5. The van der Waals surface area contributed by atoms with Crippen molar-refractivity contribution >= 4 is 11.9 Å². The molecule has 0 aromatic carbocycles. The van der Waals surface area contributed by atoms with Gasteiger partial charge >= 0.3 is 12.1 Å². The largest absolute Gasteiger partial charge is 0.457 e. The van der Waals surface area contributed by atoms with Crippen molar-refractivity contribution in [1.29, 1.82) is 0 Å². The number of hydrogen-bond donors (Lipinski definition) is 1. The van der Waals surface area contributed by atoms with Gasteiger partial charge in [0.15, 0.2) is 0 Å². The fourth-order valence-corrected chi connectivity index (χ4v) is 4.58. The summed E-state index contributed by atoms with van der Waals surface area (Å²) in [7, 11) is 1.37. The van der Waals surface area contributed by atoms with Crippen LogP contribution in [0.2, 0.25) is 0 Å². The highest BCUT2D eigenvalue weighted by molar-refractivity contribution is 5.76. The lowest BCUT2D eigenvalue weighted by molar-refractivity contribution is -0.161. The Bertz CT molecular complexity index is 663. The van der Waals surface area contributed by atoms with Gasteiger partial charge in [-0.15, -0.1) is 0 Å². The van der Waals surface area contributed by atoms with Crippen molar-refractivity contribution in [1.82, 2.24) is 4.90 Å². The zero-order valence-electron chi connectivity index (χ0n) is 17.5. The summed E-state index contributed by atoms with van der Waals surface area (Å²) in [6, 6.07) is 0. The number of halogens is 3. The lowest BCUT2D eigenvalue weighted by Gasteiger charge is -2.52. The normalized spacial score (nSPS) is 33.3. The first-order valence-electron chi connectivity index (χ1n) is 9.91. The van der Waals surface area contributed by atoms with Crippen LogP contribution in [-0.2, 0) is 14.3 Å². The number of aliphatic hydroxyl groups is 1. The summed E-state index contributed by atoms with van der Waals surface area (Å²) in [6.07, 6.45) is -0.279. The number of fused-ring (bicyclic) bond motifs is 1. The van der Waals surface area contributed by atoms with E-state index >= 15 is 0 Å². The average molecular weight is 417 g/mol. The molecular weight excluding hydrogens is 387 g/mol. The van der Waals surface area contributed by atoms with E-state index in [-0.39, 0.29) is 30.2 Å². The third-order valence-electron chi connectivity index (χ3n) is 6.23. The molecule has 8 heteroatoms. The molecule has 2 radical (unpaired) electrons. The van der Waals surface area contributed by atoms with Crippen LogP contribution < -0.4 is 0 Å². The summed E-state index contributed by atoms with van der Waals surface area (Å²) >= 11 is 0.